The lowest BCUT2D eigenvalue weighted by atomic mass is 10.1. The number of carbonyl (C=O) groups is 1. The molecule has 128 valence electrons. The van der Waals surface area contributed by atoms with Gasteiger partial charge in [-0.15, -0.1) is 0 Å². The van der Waals surface area contributed by atoms with Gasteiger partial charge in [-0.1, -0.05) is 18.5 Å². The van der Waals surface area contributed by atoms with Gasteiger partial charge in [0.2, 0.25) is 0 Å². The molecule has 3 atom stereocenters. The fraction of sp³-hybridized carbons (Fsp3) is 0.625. The van der Waals surface area contributed by atoms with E-state index in [1.165, 1.54) is 0 Å². The minimum Gasteiger partial charge on any atom is -0.393 e. The maximum absolute atomic E-state index is 12.0. The van der Waals surface area contributed by atoms with Gasteiger partial charge in [0.25, 0.3) is 0 Å². The number of anilines is 1. The fourth-order valence-corrected chi connectivity index (χ4v) is 3.09. The molecule has 3 N–H and O–H groups in total. The number of urea groups is 1. The number of amides is 2. The summed E-state index contributed by atoms with van der Waals surface area (Å²) in [5.41, 5.74) is 0. The van der Waals surface area contributed by atoms with E-state index in [0.29, 0.717) is 24.5 Å². The van der Waals surface area contributed by atoms with E-state index in [1.807, 2.05) is 13.0 Å². The molecule has 0 spiro atoms. The van der Waals surface area contributed by atoms with E-state index in [1.54, 1.807) is 19.2 Å². The molecule has 23 heavy (non-hydrogen) atoms. The quantitative estimate of drug-likeness (QED) is 0.740. The van der Waals surface area contributed by atoms with Gasteiger partial charge < -0.3 is 20.6 Å². The molecule has 3 unspecified atom stereocenters. The van der Waals surface area contributed by atoms with E-state index >= 15 is 0 Å². The Morgan fingerprint density at radius 1 is 1.57 bits per heavy atom. The predicted molar refractivity (Wildman–Crippen MR) is 91.9 cm³/mol. The Bertz CT molecular complexity index is 527. The van der Waals surface area contributed by atoms with Gasteiger partial charge in [-0.05, 0) is 37.8 Å². The standard InChI is InChI=1S/C16H25ClN4O2/c1-11(8-12(2)22)9-19-16(23)20-13-5-7-21(10-13)15-14(17)4-3-6-18-15/h3-4,6,11-13,22H,5,7-10H2,1-2H3,(H2,19,20,23). The van der Waals surface area contributed by atoms with Crippen molar-refractivity contribution in [1.82, 2.24) is 15.6 Å². The van der Waals surface area contributed by atoms with Crippen LogP contribution in [0.2, 0.25) is 5.02 Å². The van der Waals surface area contributed by atoms with E-state index in [9.17, 15) is 9.90 Å². The first-order valence-electron chi connectivity index (χ1n) is 8.03. The number of carbonyl (C=O) groups excluding carboxylic acids is 1. The van der Waals surface area contributed by atoms with Gasteiger partial charge in [-0.3, -0.25) is 0 Å². The molecule has 2 rings (SSSR count). The summed E-state index contributed by atoms with van der Waals surface area (Å²) in [6, 6.07) is 3.54. The maximum Gasteiger partial charge on any atom is 0.315 e. The highest BCUT2D eigenvalue weighted by molar-refractivity contribution is 6.32. The number of nitrogens with one attached hydrogen (secondary N) is 2. The first-order chi connectivity index (χ1) is 11.0. The fourth-order valence-electron chi connectivity index (χ4n) is 2.85. The Labute approximate surface area is 142 Å². The van der Waals surface area contributed by atoms with Gasteiger partial charge in [0.1, 0.15) is 5.82 Å². The lowest BCUT2D eigenvalue weighted by Crippen LogP contribution is -2.44. The molecule has 0 bridgehead atoms. The predicted octanol–water partition coefficient (Wildman–Crippen LogP) is 2.02. The summed E-state index contributed by atoms with van der Waals surface area (Å²) in [4.78, 5) is 18.3. The number of nitrogens with zero attached hydrogens (tertiary/aromatic N) is 2. The van der Waals surface area contributed by atoms with Crippen molar-refractivity contribution in [2.24, 2.45) is 5.92 Å². The van der Waals surface area contributed by atoms with Crippen LogP contribution >= 0.6 is 11.6 Å². The molecule has 2 amide bonds. The Morgan fingerprint density at radius 3 is 3.04 bits per heavy atom. The Hall–Kier alpha value is -1.53. The number of hydrogen-bond acceptors (Lipinski definition) is 4. The van der Waals surface area contributed by atoms with Crippen molar-refractivity contribution in [3.8, 4) is 0 Å². The van der Waals surface area contributed by atoms with Crippen molar-refractivity contribution in [2.45, 2.75) is 38.8 Å². The molecular formula is C16H25ClN4O2. The molecule has 6 nitrogen and oxygen atoms in total. The summed E-state index contributed by atoms with van der Waals surface area (Å²) < 4.78 is 0. The van der Waals surface area contributed by atoms with Crippen molar-refractivity contribution in [3.05, 3.63) is 23.4 Å². The Balaban J connectivity index is 1.75. The molecule has 1 aliphatic rings. The van der Waals surface area contributed by atoms with Gasteiger partial charge in [-0.25, -0.2) is 9.78 Å². The van der Waals surface area contributed by atoms with Crippen molar-refractivity contribution in [3.63, 3.8) is 0 Å². The lowest BCUT2D eigenvalue weighted by molar-refractivity contribution is 0.163. The Kier molecular flexibility index (Phi) is 6.47. The maximum atomic E-state index is 12.0. The second-order valence-corrected chi connectivity index (χ2v) is 6.69. The van der Waals surface area contributed by atoms with Gasteiger partial charge in [0.15, 0.2) is 0 Å². The second-order valence-electron chi connectivity index (χ2n) is 6.28. The number of hydrogen-bond donors (Lipinski definition) is 3. The Morgan fingerprint density at radius 2 is 2.35 bits per heavy atom. The van der Waals surface area contributed by atoms with Gasteiger partial charge in [0.05, 0.1) is 11.1 Å². The molecule has 7 heteroatoms. The first-order valence-corrected chi connectivity index (χ1v) is 8.41. The van der Waals surface area contributed by atoms with Gasteiger partial charge in [-0.2, -0.15) is 0 Å². The van der Waals surface area contributed by atoms with Crippen molar-refractivity contribution in [2.75, 3.05) is 24.5 Å². The van der Waals surface area contributed by atoms with Crippen molar-refractivity contribution in [1.29, 1.82) is 0 Å². The summed E-state index contributed by atoms with van der Waals surface area (Å²) in [5.74, 6) is 1.01. The minimum absolute atomic E-state index is 0.0835. The van der Waals surface area contributed by atoms with Crippen LogP contribution in [0.5, 0.6) is 0 Å². The van der Waals surface area contributed by atoms with Crippen LogP contribution < -0.4 is 15.5 Å². The number of aliphatic hydroxyl groups is 1. The normalized spacial score (nSPS) is 20.2. The molecule has 0 radical (unpaired) electrons. The average molecular weight is 341 g/mol. The largest absolute Gasteiger partial charge is 0.393 e. The van der Waals surface area contributed by atoms with Crippen LogP contribution in [0.25, 0.3) is 0 Å². The summed E-state index contributed by atoms with van der Waals surface area (Å²) >= 11 is 6.16. The molecule has 1 aromatic heterocycles. The van der Waals surface area contributed by atoms with E-state index in [-0.39, 0.29) is 24.1 Å². The highest BCUT2D eigenvalue weighted by Crippen LogP contribution is 2.25. The van der Waals surface area contributed by atoms with Crippen molar-refractivity contribution < 1.29 is 9.90 Å². The second kappa shape index (κ2) is 8.36. The van der Waals surface area contributed by atoms with E-state index in [0.717, 1.165) is 18.8 Å². The van der Waals surface area contributed by atoms with Crippen molar-refractivity contribution >= 4 is 23.4 Å². The molecule has 0 aliphatic carbocycles. The van der Waals surface area contributed by atoms with Crippen LogP contribution in [0.4, 0.5) is 10.6 Å². The molecule has 1 aliphatic heterocycles. The molecule has 0 aromatic carbocycles. The zero-order chi connectivity index (χ0) is 16.8. The molecular weight excluding hydrogens is 316 g/mol. The highest BCUT2D eigenvalue weighted by Gasteiger charge is 2.26. The summed E-state index contributed by atoms with van der Waals surface area (Å²) in [6.07, 6.45) is 2.92. The number of aromatic nitrogens is 1. The van der Waals surface area contributed by atoms with E-state index in [2.05, 4.69) is 20.5 Å². The van der Waals surface area contributed by atoms with Gasteiger partial charge >= 0.3 is 6.03 Å². The zero-order valence-electron chi connectivity index (χ0n) is 13.6. The highest BCUT2D eigenvalue weighted by atomic mass is 35.5. The average Bonchev–Trinajstić information content (AvgIpc) is 2.93. The molecule has 1 fully saturated rings. The van der Waals surface area contributed by atoms with Gasteiger partial charge in [0, 0.05) is 31.9 Å². The number of pyridine rings is 1. The summed E-state index contributed by atoms with van der Waals surface area (Å²) in [6.45, 7) is 5.84. The van der Waals surface area contributed by atoms with Crippen LogP contribution in [0.1, 0.15) is 26.7 Å². The monoisotopic (exact) mass is 340 g/mol. The third-order valence-electron chi connectivity index (χ3n) is 3.92. The van der Waals surface area contributed by atoms with Crippen LogP contribution in [0, 0.1) is 5.92 Å². The minimum atomic E-state index is -0.346. The topological polar surface area (TPSA) is 77.5 Å². The van der Waals surface area contributed by atoms with Crippen LogP contribution in [0.3, 0.4) is 0 Å². The molecule has 1 aromatic rings. The molecule has 0 saturated carbocycles. The van der Waals surface area contributed by atoms with Crippen LogP contribution in [-0.4, -0.2) is 47.9 Å². The summed E-state index contributed by atoms with van der Waals surface area (Å²) in [5, 5.41) is 15.8. The number of aliphatic hydroxyl groups excluding tert-OH is 1. The van der Waals surface area contributed by atoms with E-state index in [4.69, 9.17) is 11.6 Å². The lowest BCUT2D eigenvalue weighted by Gasteiger charge is -2.19. The third kappa shape index (κ3) is 5.55. The molecule has 2 heterocycles. The van der Waals surface area contributed by atoms with Crippen LogP contribution in [-0.2, 0) is 0 Å². The van der Waals surface area contributed by atoms with Crippen LogP contribution in [0.15, 0.2) is 18.3 Å². The number of halogens is 1. The van der Waals surface area contributed by atoms with E-state index < -0.39 is 0 Å². The molecule has 1 saturated heterocycles. The smallest absolute Gasteiger partial charge is 0.315 e. The third-order valence-corrected chi connectivity index (χ3v) is 4.21. The zero-order valence-corrected chi connectivity index (χ0v) is 14.4. The SMILES string of the molecule is CC(O)CC(C)CNC(=O)NC1CCN(c2ncccc2Cl)C1. The summed E-state index contributed by atoms with van der Waals surface area (Å²) in [7, 11) is 0. The first kappa shape index (κ1) is 17.8. The number of rotatable bonds is 6.